The van der Waals surface area contributed by atoms with Gasteiger partial charge in [-0.3, -0.25) is 42.3 Å². The van der Waals surface area contributed by atoms with Crippen LogP contribution in [0.25, 0.3) is 20.9 Å². The first-order valence-electron chi connectivity index (χ1n) is 14.7. The average Bonchev–Trinajstić information content (AvgIpc) is 3.66. The molecule has 22 heteroatoms. The molecule has 0 radical (unpaired) electrons. The molecule has 0 amide bonds. The van der Waals surface area contributed by atoms with Crippen LogP contribution in [0.1, 0.15) is 42.0 Å². The first kappa shape index (κ1) is 35.8. The maximum atomic E-state index is 14.1. The lowest BCUT2D eigenvalue weighted by Crippen LogP contribution is -2.33. The fourth-order valence-electron chi connectivity index (χ4n) is 5.22. The molecule has 0 aliphatic carbocycles. The van der Waals surface area contributed by atoms with Gasteiger partial charge in [0.25, 0.3) is 11.1 Å². The Hall–Kier alpha value is -4.48. The third-order valence-electron chi connectivity index (χ3n) is 7.82. The van der Waals surface area contributed by atoms with Crippen molar-refractivity contribution in [3.8, 4) is 0 Å². The molecule has 1 aromatic carbocycles. The molecule has 2 saturated heterocycles. The minimum absolute atomic E-state index is 0.0228. The van der Waals surface area contributed by atoms with Gasteiger partial charge in [0, 0.05) is 51.2 Å². The fraction of sp³-hybridized carbons (Fsp3) is 0.481. The molecule has 2 aliphatic heterocycles. The number of aromatic amines is 2. The normalized spacial score (nSPS) is 24.6. The molecule has 20 nitrogen and oxygen atoms in total. The Labute approximate surface area is 280 Å². The number of phosphoric acid groups is 1. The highest BCUT2D eigenvalue weighted by molar-refractivity contribution is 7.48. The standard InChI is InChI=1S/C27H30ClN10O10P/c1-14-9-37(26(41)31-24(14)39)22-7-18(33-35-29)20(47-22)12-45-49(43,44-11-16-3-5-17(28)6-4-16)46-13-21-19(34-36-30)8-23(48-21)38-10-15(2)25(40)32-27(38)42/h3-6,9-10,18-23H,7-8,11-13H2,1-2H3,(H,31,39,41)(H,32,40,42)/t18-,19-,20+,21+,22+,23+/m0/s1. The van der Waals surface area contributed by atoms with Crippen molar-refractivity contribution in [1.82, 2.24) is 19.1 Å². The minimum Gasteiger partial charge on any atom is -0.352 e. The molecule has 0 bridgehead atoms. The number of rotatable bonds is 13. The zero-order chi connectivity index (χ0) is 35.3. The second-order valence-corrected chi connectivity index (χ2v) is 13.3. The van der Waals surface area contributed by atoms with Gasteiger partial charge in [0.05, 0.1) is 44.1 Å². The number of aromatic nitrogens is 4. The van der Waals surface area contributed by atoms with E-state index in [0.717, 1.165) is 9.13 Å². The Balaban J connectivity index is 1.34. The predicted octanol–water partition coefficient (Wildman–Crippen LogP) is 3.65. The second-order valence-electron chi connectivity index (χ2n) is 11.2. The van der Waals surface area contributed by atoms with Crippen LogP contribution in [0.4, 0.5) is 0 Å². The number of ether oxygens (including phenoxy) is 2. The predicted molar refractivity (Wildman–Crippen MR) is 171 cm³/mol. The molecule has 0 saturated carbocycles. The Morgan fingerprint density at radius 2 is 1.29 bits per heavy atom. The van der Waals surface area contributed by atoms with Gasteiger partial charge in [0.2, 0.25) is 0 Å². The summed E-state index contributed by atoms with van der Waals surface area (Å²) in [5.41, 5.74) is 16.8. The number of halogens is 1. The second kappa shape index (κ2) is 15.4. The summed E-state index contributed by atoms with van der Waals surface area (Å²) in [5, 5.41) is 7.93. The minimum atomic E-state index is -4.52. The quantitative estimate of drug-likeness (QED) is 0.112. The lowest BCUT2D eigenvalue weighted by molar-refractivity contribution is -0.0435. The monoisotopic (exact) mass is 720 g/mol. The molecule has 2 aliphatic rings. The lowest BCUT2D eigenvalue weighted by atomic mass is 10.1. The van der Waals surface area contributed by atoms with Gasteiger partial charge in [-0.15, -0.1) is 0 Å². The number of nitrogens with one attached hydrogen (secondary N) is 2. The van der Waals surface area contributed by atoms with Gasteiger partial charge < -0.3 is 9.47 Å². The fourth-order valence-corrected chi connectivity index (χ4v) is 6.54. The van der Waals surface area contributed by atoms with Gasteiger partial charge in [-0.1, -0.05) is 34.0 Å². The number of phosphoric ester groups is 1. The summed E-state index contributed by atoms with van der Waals surface area (Å²) in [6.45, 7) is 1.77. The van der Waals surface area contributed by atoms with E-state index in [2.05, 4.69) is 30.0 Å². The third kappa shape index (κ3) is 8.58. The Morgan fingerprint density at radius 3 is 1.71 bits per heavy atom. The van der Waals surface area contributed by atoms with E-state index in [1.54, 1.807) is 24.3 Å². The largest absolute Gasteiger partial charge is 0.475 e. The lowest BCUT2D eigenvalue weighted by Gasteiger charge is -2.23. The number of H-pyrrole nitrogens is 2. The highest BCUT2D eigenvalue weighted by Crippen LogP contribution is 2.52. The summed E-state index contributed by atoms with van der Waals surface area (Å²) >= 11 is 5.97. The van der Waals surface area contributed by atoms with E-state index in [1.165, 1.54) is 26.2 Å². The first-order valence-corrected chi connectivity index (χ1v) is 16.5. The molecule has 4 heterocycles. The van der Waals surface area contributed by atoms with E-state index in [1.807, 2.05) is 0 Å². The molecule has 5 rings (SSSR count). The first-order chi connectivity index (χ1) is 23.4. The number of nitrogens with zero attached hydrogens (tertiary/aromatic N) is 8. The van der Waals surface area contributed by atoms with Crippen molar-refractivity contribution < 1.29 is 27.6 Å². The topological polar surface area (TPSA) is 270 Å². The van der Waals surface area contributed by atoms with Crippen LogP contribution in [0.3, 0.4) is 0 Å². The summed E-state index contributed by atoms with van der Waals surface area (Å²) < 4.78 is 45.3. The number of hydrogen-bond acceptors (Lipinski definition) is 12. The van der Waals surface area contributed by atoms with Gasteiger partial charge in [-0.05, 0) is 42.6 Å². The Morgan fingerprint density at radius 1 is 0.837 bits per heavy atom. The summed E-state index contributed by atoms with van der Waals surface area (Å²) in [5.74, 6) is 0. The Bertz CT molecular complexity index is 1950. The summed E-state index contributed by atoms with van der Waals surface area (Å²) in [6.07, 6.45) is -1.33. The Kier molecular flexibility index (Phi) is 11.2. The van der Waals surface area contributed by atoms with E-state index in [4.69, 9.17) is 45.7 Å². The van der Waals surface area contributed by atoms with E-state index in [9.17, 15) is 23.7 Å². The zero-order valence-electron chi connectivity index (χ0n) is 25.9. The van der Waals surface area contributed by atoms with Crippen molar-refractivity contribution >= 4 is 19.4 Å². The highest BCUT2D eigenvalue weighted by Gasteiger charge is 2.42. The van der Waals surface area contributed by atoms with E-state index in [-0.39, 0.29) is 30.6 Å². The van der Waals surface area contributed by atoms with Gasteiger partial charge >= 0.3 is 19.2 Å². The highest BCUT2D eigenvalue weighted by atomic mass is 35.5. The molecule has 0 unspecified atom stereocenters. The number of azide groups is 2. The summed E-state index contributed by atoms with van der Waals surface area (Å²) in [7, 11) is -4.52. The van der Waals surface area contributed by atoms with Crippen molar-refractivity contribution in [1.29, 1.82) is 0 Å². The van der Waals surface area contributed by atoms with E-state index < -0.39 is 80.3 Å². The third-order valence-corrected chi connectivity index (χ3v) is 9.44. The van der Waals surface area contributed by atoms with E-state index in [0.29, 0.717) is 10.6 Å². The maximum Gasteiger partial charge on any atom is 0.475 e. The molecule has 260 valence electrons. The molecular weight excluding hydrogens is 691 g/mol. The molecule has 2 aromatic heterocycles. The van der Waals surface area contributed by atoms with Crippen LogP contribution < -0.4 is 22.5 Å². The van der Waals surface area contributed by atoms with Crippen molar-refractivity contribution in [2.45, 2.75) is 70.0 Å². The summed E-state index contributed by atoms with van der Waals surface area (Å²) in [4.78, 5) is 58.7. The van der Waals surface area contributed by atoms with Crippen LogP contribution in [0.5, 0.6) is 0 Å². The zero-order valence-corrected chi connectivity index (χ0v) is 27.6. The van der Waals surface area contributed by atoms with Crippen LogP contribution in [0, 0.1) is 13.8 Å². The summed E-state index contributed by atoms with van der Waals surface area (Å²) in [6, 6.07) is 4.69. The number of aryl methyl sites for hydroxylation is 2. The van der Waals surface area contributed by atoms with Crippen LogP contribution in [0.15, 0.2) is 66.1 Å². The van der Waals surface area contributed by atoms with Crippen LogP contribution in [-0.4, -0.2) is 56.6 Å². The molecule has 3 aromatic rings. The van der Waals surface area contributed by atoms with Gasteiger partial charge in [0.15, 0.2) is 0 Å². The van der Waals surface area contributed by atoms with Crippen molar-refractivity contribution in [2.75, 3.05) is 13.2 Å². The molecule has 49 heavy (non-hydrogen) atoms. The van der Waals surface area contributed by atoms with Crippen molar-refractivity contribution in [3.05, 3.63) is 121 Å². The van der Waals surface area contributed by atoms with Gasteiger partial charge in [0.1, 0.15) is 12.5 Å². The van der Waals surface area contributed by atoms with Crippen LogP contribution in [0.2, 0.25) is 5.02 Å². The molecule has 2 N–H and O–H groups in total. The van der Waals surface area contributed by atoms with Crippen molar-refractivity contribution in [2.24, 2.45) is 10.2 Å². The van der Waals surface area contributed by atoms with Gasteiger partial charge in [-0.2, -0.15) is 0 Å². The molecule has 0 spiro atoms. The number of benzene rings is 1. The average molecular weight is 721 g/mol. The van der Waals surface area contributed by atoms with E-state index >= 15 is 0 Å². The molecule has 2 fully saturated rings. The van der Waals surface area contributed by atoms with Crippen LogP contribution in [-0.2, 0) is 34.2 Å². The van der Waals surface area contributed by atoms with Crippen LogP contribution >= 0.6 is 19.4 Å². The molecular formula is C27H30ClN10O10P. The molecule has 6 atom stereocenters. The SMILES string of the molecule is Cc1cn([C@H]2C[C@H](N=[N+]=[N-])[C@@H](COP(=O)(OCc3ccc(Cl)cc3)OC[C@H]3O[C@@H](n4cc(C)c(=O)[nH]c4=O)C[C@@H]3N=[N+]=[N-])O2)c(=O)[nH]c1=O. The van der Waals surface area contributed by atoms with Crippen molar-refractivity contribution in [3.63, 3.8) is 0 Å². The smallest absolute Gasteiger partial charge is 0.352 e. The number of hydrogen-bond donors (Lipinski definition) is 2. The van der Waals surface area contributed by atoms with Gasteiger partial charge in [-0.25, -0.2) is 14.2 Å². The maximum absolute atomic E-state index is 14.1.